The molecule has 0 bridgehead atoms. The first-order valence-electron chi connectivity index (χ1n) is 8.79. The fraction of sp³-hybridized carbons (Fsp3) is 0.350. The standard InChI is InChI=1S/C20H25IN2O4S/c1-20(2,3)15-7-9-17(10-8-15)28(26,27)23-18(13-24)19(25)22-12-14-5-4-6-16(21)11-14/h4-11,18,23-24H,12-13H2,1-3H3,(H,22,25)/t18-/m0/s1. The molecular formula is C20H25IN2O4S. The molecule has 0 aliphatic rings. The number of rotatable bonds is 7. The Balaban J connectivity index is 2.06. The highest BCUT2D eigenvalue weighted by Gasteiger charge is 2.25. The lowest BCUT2D eigenvalue weighted by Crippen LogP contribution is -2.48. The van der Waals surface area contributed by atoms with Gasteiger partial charge in [-0.3, -0.25) is 4.79 Å². The second-order valence-corrected chi connectivity index (χ2v) is 10.4. The number of halogens is 1. The van der Waals surface area contributed by atoms with E-state index in [1.54, 1.807) is 12.1 Å². The van der Waals surface area contributed by atoms with Crippen LogP contribution in [-0.4, -0.2) is 32.1 Å². The number of benzene rings is 2. The molecule has 0 saturated heterocycles. The number of hydrogen-bond donors (Lipinski definition) is 3. The lowest BCUT2D eigenvalue weighted by molar-refractivity contribution is -0.123. The summed E-state index contributed by atoms with van der Waals surface area (Å²) in [6.07, 6.45) is 0. The van der Waals surface area contributed by atoms with Crippen molar-refractivity contribution >= 4 is 38.5 Å². The fourth-order valence-corrected chi connectivity index (χ4v) is 4.32. The third kappa shape index (κ3) is 6.26. The van der Waals surface area contributed by atoms with Crippen molar-refractivity contribution in [1.82, 2.24) is 10.0 Å². The molecule has 28 heavy (non-hydrogen) atoms. The summed E-state index contributed by atoms with van der Waals surface area (Å²) in [5, 5.41) is 12.2. The second kappa shape index (κ2) is 9.34. The van der Waals surface area contributed by atoms with Gasteiger partial charge >= 0.3 is 0 Å². The molecule has 2 aromatic carbocycles. The minimum atomic E-state index is -3.94. The van der Waals surface area contributed by atoms with Crippen molar-refractivity contribution in [3.8, 4) is 0 Å². The topological polar surface area (TPSA) is 95.5 Å². The number of carbonyl (C=O) groups excluding carboxylic acids is 1. The number of aliphatic hydroxyl groups is 1. The number of amides is 1. The molecule has 0 unspecified atom stereocenters. The molecule has 0 aliphatic carbocycles. The first kappa shape index (κ1) is 22.8. The van der Waals surface area contributed by atoms with Crippen molar-refractivity contribution in [2.24, 2.45) is 0 Å². The van der Waals surface area contributed by atoms with Gasteiger partial charge in [0.2, 0.25) is 15.9 Å². The third-order valence-corrected chi connectivity index (χ3v) is 6.34. The number of sulfonamides is 1. The second-order valence-electron chi connectivity index (χ2n) is 7.48. The van der Waals surface area contributed by atoms with Gasteiger partial charge in [0.1, 0.15) is 6.04 Å². The van der Waals surface area contributed by atoms with E-state index in [0.717, 1.165) is 14.7 Å². The van der Waals surface area contributed by atoms with Crippen LogP contribution >= 0.6 is 22.6 Å². The molecule has 0 fully saturated rings. The lowest BCUT2D eigenvalue weighted by atomic mass is 9.87. The SMILES string of the molecule is CC(C)(C)c1ccc(S(=O)(=O)N[C@@H](CO)C(=O)NCc2cccc(I)c2)cc1. The zero-order valence-electron chi connectivity index (χ0n) is 16.1. The molecule has 6 nitrogen and oxygen atoms in total. The maximum absolute atomic E-state index is 12.6. The van der Waals surface area contributed by atoms with Gasteiger partial charge in [0.05, 0.1) is 11.5 Å². The van der Waals surface area contributed by atoms with Crippen LogP contribution < -0.4 is 10.0 Å². The number of aliphatic hydroxyl groups excluding tert-OH is 1. The van der Waals surface area contributed by atoms with Crippen LogP contribution in [0.25, 0.3) is 0 Å². The van der Waals surface area contributed by atoms with Gasteiger partial charge in [0.15, 0.2) is 0 Å². The van der Waals surface area contributed by atoms with Gasteiger partial charge in [-0.1, -0.05) is 45.0 Å². The zero-order valence-corrected chi connectivity index (χ0v) is 19.0. The van der Waals surface area contributed by atoms with Gasteiger partial charge < -0.3 is 10.4 Å². The molecule has 0 aliphatic heterocycles. The molecule has 152 valence electrons. The summed E-state index contributed by atoms with van der Waals surface area (Å²) in [5.74, 6) is -0.587. The first-order chi connectivity index (χ1) is 13.0. The molecule has 0 aromatic heterocycles. The number of nitrogens with one attached hydrogen (secondary N) is 2. The van der Waals surface area contributed by atoms with Crippen LogP contribution in [0.15, 0.2) is 53.4 Å². The maximum Gasteiger partial charge on any atom is 0.241 e. The Morgan fingerprint density at radius 1 is 1.14 bits per heavy atom. The van der Waals surface area contributed by atoms with Gasteiger partial charge in [0, 0.05) is 10.1 Å². The van der Waals surface area contributed by atoms with E-state index in [1.165, 1.54) is 12.1 Å². The van der Waals surface area contributed by atoms with Gasteiger partial charge in [-0.2, -0.15) is 4.72 Å². The average molecular weight is 516 g/mol. The van der Waals surface area contributed by atoms with Crippen LogP contribution in [0.3, 0.4) is 0 Å². The molecule has 0 radical (unpaired) electrons. The van der Waals surface area contributed by atoms with Crippen molar-refractivity contribution < 1.29 is 18.3 Å². The molecule has 2 aromatic rings. The van der Waals surface area contributed by atoms with E-state index in [-0.39, 0.29) is 16.9 Å². The Labute approximate surface area is 179 Å². The first-order valence-corrected chi connectivity index (χ1v) is 11.3. The Hall–Kier alpha value is -1.49. The molecule has 0 saturated carbocycles. The Morgan fingerprint density at radius 3 is 2.32 bits per heavy atom. The van der Waals surface area contributed by atoms with E-state index in [9.17, 15) is 18.3 Å². The van der Waals surface area contributed by atoms with Crippen LogP contribution in [0, 0.1) is 3.57 Å². The highest BCUT2D eigenvalue weighted by molar-refractivity contribution is 14.1. The average Bonchev–Trinajstić information content (AvgIpc) is 2.63. The van der Waals surface area contributed by atoms with Crippen molar-refractivity contribution in [2.75, 3.05) is 6.61 Å². The molecule has 3 N–H and O–H groups in total. The molecule has 0 heterocycles. The fourth-order valence-electron chi connectivity index (χ4n) is 2.52. The van der Waals surface area contributed by atoms with Gasteiger partial charge in [-0.25, -0.2) is 8.42 Å². The van der Waals surface area contributed by atoms with Crippen molar-refractivity contribution in [3.05, 3.63) is 63.2 Å². The molecule has 0 spiro atoms. The predicted molar refractivity (Wildman–Crippen MR) is 117 cm³/mol. The number of hydrogen-bond acceptors (Lipinski definition) is 4. The number of carbonyl (C=O) groups is 1. The van der Waals surface area contributed by atoms with Crippen molar-refractivity contribution in [3.63, 3.8) is 0 Å². The van der Waals surface area contributed by atoms with Crippen LogP contribution in [0.4, 0.5) is 0 Å². The Morgan fingerprint density at radius 2 is 1.79 bits per heavy atom. The van der Waals surface area contributed by atoms with E-state index >= 15 is 0 Å². The minimum Gasteiger partial charge on any atom is -0.394 e. The Bertz CT molecular complexity index is 922. The molecule has 1 atom stereocenters. The van der Waals surface area contributed by atoms with Gasteiger partial charge in [-0.15, -0.1) is 0 Å². The van der Waals surface area contributed by atoms with Crippen molar-refractivity contribution in [2.45, 2.75) is 43.7 Å². The van der Waals surface area contributed by atoms with E-state index in [0.29, 0.717) is 0 Å². The third-order valence-electron chi connectivity index (χ3n) is 4.18. The van der Waals surface area contributed by atoms with Crippen molar-refractivity contribution in [1.29, 1.82) is 0 Å². The summed E-state index contributed by atoms with van der Waals surface area (Å²) in [6, 6.07) is 12.8. The summed E-state index contributed by atoms with van der Waals surface area (Å²) < 4.78 is 28.5. The van der Waals surface area contributed by atoms with E-state index in [1.807, 2.05) is 45.0 Å². The lowest BCUT2D eigenvalue weighted by Gasteiger charge is -2.20. The highest BCUT2D eigenvalue weighted by atomic mass is 127. The normalized spacial score (nSPS) is 13.2. The quantitative estimate of drug-likeness (QED) is 0.493. The van der Waals surface area contributed by atoms with E-state index < -0.39 is 28.6 Å². The summed E-state index contributed by atoms with van der Waals surface area (Å²) in [7, 11) is -3.94. The molecule has 8 heteroatoms. The monoisotopic (exact) mass is 516 g/mol. The zero-order chi connectivity index (χ0) is 20.9. The molecule has 1 amide bonds. The minimum absolute atomic E-state index is 0.0457. The maximum atomic E-state index is 12.6. The molecule has 2 rings (SSSR count). The summed E-state index contributed by atoms with van der Waals surface area (Å²) in [6.45, 7) is 5.71. The Kier molecular flexibility index (Phi) is 7.60. The summed E-state index contributed by atoms with van der Waals surface area (Å²) in [4.78, 5) is 12.4. The predicted octanol–water partition coefficient (Wildman–Crippen LogP) is 2.54. The summed E-state index contributed by atoms with van der Waals surface area (Å²) in [5.41, 5.74) is 1.79. The largest absolute Gasteiger partial charge is 0.394 e. The van der Waals surface area contributed by atoms with Gasteiger partial charge in [0.25, 0.3) is 0 Å². The summed E-state index contributed by atoms with van der Waals surface area (Å²) >= 11 is 2.17. The van der Waals surface area contributed by atoms with Crippen LogP contribution in [0.5, 0.6) is 0 Å². The van der Waals surface area contributed by atoms with Gasteiger partial charge in [-0.05, 0) is 63.4 Å². The van der Waals surface area contributed by atoms with Crippen LogP contribution in [0.1, 0.15) is 31.9 Å². The van der Waals surface area contributed by atoms with E-state index in [4.69, 9.17) is 0 Å². The highest BCUT2D eigenvalue weighted by Crippen LogP contribution is 2.23. The smallest absolute Gasteiger partial charge is 0.241 e. The van der Waals surface area contributed by atoms with E-state index in [2.05, 4.69) is 32.6 Å². The molecular weight excluding hydrogens is 491 g/mol. The van der Waals surface area contributed by atoms with Crippen LogP contribution in [0.2, 0.25) is 0 Å². The van der Waals surface area contributed by atoms with Crippen LogP contribution in [-0.2, 0) is 26.8 Å².